The van der Waals surface area contributed by atoms with E-state index in [1.165, 1.54) is 12.8 Å². The first-order valence-electron chi connectivity index (χ1n) is 4.64. The van der Waals surface area contributed by atoms with E-state index in [-0.39, 0.29) is 0 Å². The van der Waals surface area contributed by atoms with Crippen LogP contribution in [-0.2, 0) is 0 Å². The van der Waals surface area contributed by atoms with Crippen LogP contribution in [0.15, 0.2) is 0 Å². The van der Waals surface area contributed by atoms with Gasteiger partial charge < -0.3 is 5.73 Å². The summed E-state index contributed by atoms with van der Waals surface area (Å²) >= 11 is 0. The van der Waals surface area contributed by atoms with Crippen LogP contribution in [-0.4, -0.2) is 6.54 Å². The Morgan fingerprint density at radius 2 is 1.91 bits per heavy atom. The Bertz CT molecular complexity index is 148. The fourth-order valence-electron chi connectivity index (χ4n) is 2.18. The lowest BCUT2D eigenvalue weighted by atomic mass is 9.66. The molecule has 0 aromatic rings. The quantitative estimate of drug-likeness (QED) is 0.618. The average Bonchev–Trinajstić information content (AvgIpc) is 2.15. The monoisotopic (exact) mass is 155 g/mol. The van der Waals surface area contributed by atoms with Gasteiger partial charge in [-0.1, -0.05) is 27.7 Å². The second-order valence-corrected chi connectivity index (χ2v) is 4.93. The van der Waals surface area contributed by atoms with E-state index in [4.69, 9.17) is 5.73 Å². The highest BCUT2D eigenvalue weighted by molar-refractivity contribution is 4.98. The normalized spacial score (nSPS) is 42.8. The van der Waals surface area contributed by atoms with Crippen molar-refractivity contribution in [1.82, 2.24) is 0 Å². The third-order valence-electron chi connectivity index (χ3n) is 4.37. The van der Waals surface area contributed by atoms with Gasteiger partial charge >= 0.3 is 0 Å². The molecule has 1 nitrogen and oxygen atoms in total. The Balaban J connectivity index is 2.86. The first-order chi connectivity index (χ1) is 4.94. The van der Waals surface area contributed by atoms with Gasteiger partial charge in [0, 0.05) is 0 Å². The Morgan fingerprint density at radius 1 is 1.36 bits per heavy atom. The van der Waals surface area contributed by atoms with Crippen LogP contribution in [0.1, 0.15) is 40.5 Å². The van der Waals surface area contributed by atoms with Gasteiger partial charge in [-0.15, -0.1) is 0 Å². The van der Waals surface area contributed by atoms with Crippen molar-refractivity contribution in [2.75, 3.05) is 6.54 Å². The van der Waals surface area contributed by atoms with Crippen LogP contribution in [0.5, 0.6) is 0 Å². The summed E-state index contributed by atoms with van der Waals surface area (Å²) in [6.45, 7) is 10.2. The summed E-state index contributed by atoms with van der Waals surface area (Å²) in [5.74, 6) is 0.830. The molecule has 0 aromatic carbocycles. The predicted molar refractivity (Wildman–Crippen MR) is 49.3 cm³/mol. The summed E-state index contributed by atoms with van der Waals surface area (Å²) in [5, 5.41) is 0. The molecular formula is C10H21N. The first-order valence-corrected chi connectivity index (χ1v) is 4.64. The molecule has 0 bridgehead atoms. The molecule has 2 atom stereocenters. The minimum atomic E-state index is 0.381. The lowest BCUT2D eigenvalue weighted by molar-refractivity contribution is 0.105. The van der Waals surface area contributed by atoms with E-state index < -0.39 is 0 Å². The molecule has 0 aromatic heterocycles. The first kappa shape index (κ1) is 9.05. The molecule has 1 fully saturated rings. The third-order valence-corrected chi connectivity index (χ3v) is 4.37. The summed E-state index contributed by atoms with van der Waals surface area (Å²) in [6.07, 6.45) is 2.65. The van der Waals surface area contributed by atoms with Crippen molar-refractivity contribution in [3.8, 4) is 0 Å². The van der Waals surface area contributed by atoms with Gasteiger partial charge in [0.2, 0.25) is 0 Å². The lowest BCUT2D eigenvalue weighted by Gasteiger charge is -2.40. The molecule has 1 aliphatic carbocycles. The van der Waals surface area contributed by atoms with E-state index in [9.17, 15) is 0 Å². The fraction of sp³-hybridized carbons (Fsp3) is 1.00. The Hall–Kier alpha value is -0.0400. The minimum Gasteiger partial charge on any atom is -0.330 e. The van der Waals surface area contributed by atoms with Crippen molar-refractivity contribution in [2.45, 2.75) is 40.5 Å². The van der Waals surface area contributed by atoms with E-state index in [0.29, 0.717) is 10.8 Å². The maximum Gasteiger partial charge on any atom is -0.00180 e. The lowest BCUT2D eigenvalue weighted by Crippen LogP contribution is -2.39. The smallest absolute Gasteiger partial charge is 0.00180 e. The van der Waals surface area contributed by atoms with Crippen molar-refractivity contribution in [3.05, 3.63) is 0 Å². The highest BCUT2D eigenvalue weighted by atomic mass is 14.7. The zero-order valence-electron chi connectivity index (χ0n) is 8.28. The Kier molecular flexibility index (Phi) is 2.04. The van der Waals surface area contributed by atoms with E-state index in [0.717, 1.165) is 12.5 Å². The summed E-state index contributed by atoms with van der Waals surface area (Å²) < 4.78 is 0. The van der Waals surface area contributed by atoms with Gasteiger partial charge in [-0.25, -0.2) is 0 Å². The Morgan fingerprint density at radius 3 is 2.09 bits per heavy atom. The summed E-state index contributed by atoms with van der Waals surface area (Å²) in [6, 6.07) is 0. The highest BCUT2D eigenvalue weighted by Crippen LogP contribution is 2.54. The van der Waals surface area contributed by atoms with Crippen LogP contribution in [0.25, 0.3) is 0 Å². The molecule has 0 radical (unpaired) electrons. The standard InChI is InChI=1S/C10H21N/c1-8-5-6-10(4,7-11)9(8,2)3/h8H,5-7,11H2,1-4H3. The predicted octanol–water partition coefficient (Wildman–Crippen LogP) is 2.41. The number of rotatable bonds is 1. The van der Waals surface area contributed by atoms with Crippen molar-refractivity contribution in [1.29, 1.82) is 0 Å². The molecule has 0 aliphatic heterocycles. The van der Waals surface area contributed by atoms with E-state index in [2.05, 4.69) is 27.7 Å². The second-order valence-electron chi connectivity index (χ2n) is 4.93. The molecule has 1 saturated carbocycles. The number of nitrogens with two attached hydrogens (primary N) is 1. The molecule has 1 rings (SSSR count). The van der Waals surface area contributed by atoms with Crippen LogP contribution < -0.4 is 5.73 Å². The summed E-state index contributed by atoms with van der Waals surface area (Å²) in [7, 11) is 0. The molecule has 0 heterocycles. The van der Waals surface area contributed by atoms with Crippen LogP contribution in [0.2, 0.25) is 0 Å². The number of hydrogen-bond acceptors (Lipinski definition) is 1. The second kappa shape index (κ2) is 2.48. The van der Waals surface area contributed by atoms with Gasteiger partial charge in [-0.05, 0) is 36.1 Å². The zero-order valence-corrected chi connectivity index (χ0v) is 8.28. The third kappa shape index (κ3) is 1.10. The average molecular weight is 155 g/mol. The van der Waals surface area contributed by atoms with Gasteiger partial charge in [0.1, 0.15) is 0 Å². The largest absolute Gasteiger partial charge is 0.330 e. The molecule has 0 spiro atoms. The van der Waals surface area contributed by atoms with Gasteiger partial charge in [0.15, 0.2) is 0 Å². The maximum atomic E-state index is 5.81. The molecule has 2 unspecified atom stereocenters. The van der Waals surface area contributed by atoms with E-state index in [1.807, 2.05) is 0 Å². The molecule has 0 amide bonds. The Labute approximate surface area is 70.4 Å². The van der Waals surface area contributed by atoms with Crippen molar-refractivity contribution in [2.24, 2.45) is 22.5 Å². The minimum absolute atomic E-state index is 0.381. The summed E-state index contributed by atoms with van der Waals surface area (Å²) in [4.78, 5) is 0. The van der Waals surface area contributed by atoms with Crippen molar-refractivity contribution >= 4 is 0 Å². The van der Waals surface area contributed by atoms with Gasteiger partial charge in [-0.2, -0.15) is 0 Å². The molecule has 0 saturated heterocycles. The molecule has 1 aliphatic rings. The zero-order chi connectivity index (χ0) is 8.70. The van der Waals surface area contributed by atoms with Crippen LogP contribution in [0.4, 0.5) is 0 Å². The summed E-state index contributed by atoms with van der Waals surface area (Å²) in [5.41, 5.74) is 6.62. The molecule has 1 heteroatoms. The van der Waals surface area contributed by atoms with Crippen molar-refractivity contribution < 1.29 is 0 Å². The van der Waals surface area contributed by atoms with Crippen LogP contribution in [0.3, 0.4) is 0 Å². The number of hydrogen-bond donors (Lipinski definition) is 1. The van der Waals surface area contributed by atoms with Crippen LogP contribution in [0, 0.1) is 16.7 Å². The van der Waals surface area contributed by atoms with Crippen molar-refractivity contribution in [3.63, 3.8) is 0 Å². The van der Waals surface area contributed by atoms with E-state index >= 15 is 0 Å². The van der Waals surface area contributed by atoms with Gasteiger partial charge in [0.05, 0.1) is 0 Å². The van der Waals surface area contributed by atoms with Crippen LogP contribution >= 0.6 is 0 Å². The van der Waals surface area contributed by atoms with Gasteiger partial charge in [-0.3, -0.25) is 0 Å². The fourth-order valence-corrected chi connectivity index (χ4v) is 2.18. The molecule has 66 valence electrons. The maximum absolute atomic E-state index is 5.81. The molecule has 11 heavy (non-hydrogen) atoms. The SMILES string of the molecule is CC1CCC(C)(CN)C1(C)C. The van der Waals surface area contributed by atoms with Gasteiger partial charge in [0.25, 0.3) is 0 Å². The molecular weight excluding hydrogens is 134 g/mol. The highest BCUT2D eigenvalue weighted by Gasteiger charge is 2.48. The molecule has 2 N–H and O–H groups in total. The topological polar surface area (TPSA) is 26.0 Å². The van der Waals surface area contributed by atoms with E-state index in [1.54, 1.807) is 0 Å².